The van der Waals surface area contributed by atoms with Crippen molar-refractivity contribution >= 4 is 29.4 Å². The number of benzene rings is 1. The Hall–Kier alpha value is -2.32. The molecule has 0 unspecified atom stereocenters. The standard InChI is InChI=1S/C20H26N4O3S/c1-15-12-18(22-27-15)21-20(26)16(2)28-14-19(25)24-10-8-23(9-11-24)13-17-6-4-3-5-7-17/h3-7,12,16H,8-11,13-14H2,1-2H3,(H,21,22,26)/p+1/t16-/m1/s1. The average molecular weight is 404 g/mol. The first-order chi connectivity index (χ1) is 13.5. The molecule has 7 nitrogen and oxygen atoms in total. The SMILES string of the molecule is Cc1cc(NC(=O)[C@@H](C)SCC(=O)N2CC[NH+](Cc3ccccc3)CC2)no1. The number of aryl methyl sites for hydroxylation is 1. The molecular formula is C20H27N4O3S+. The van der Waals surface area contributed by atoms with Gasteiger partial charge in [0.1, 0.15) is 12.3 Å². The minimum Gasteiger partial charge on any atom is -0.360 e. The lowest BCUT2D eigenvalue weighted by atomic mass is 10.2. The third-order valence-corrected chi connectivity index (χ3v) is 5.95. The summed E-state index contributed by atoms with van der Waals surface area (Å²) in [6.07, 6.45) is 0. The van der Waals surface area contributed by atoms with Crippen LogP contribution in [0, 0.1) is 6.92 Å². The molecule has 2 N–H and O–H groups in total. The van der Waals surface area contributed by atoms with Crippen molar-refractivity contribution in [2.45, 2.75) is 25.6 Å². The van der Waals surface area contributed by atoms with E-state index in [1.54, 1.807) is 19.9 Å². The number of hydrogen-bond donors (Lipinski definition) is 2. The van der Waals surface area contributed by atoms with Gasteiger partial charge >= 0.3 is 0 Å². The quantitative estimate of drug-likeness (QED) is 0.720. The number of nitrogens with one attached hydrogen (secondary N) is 2. The molecule has 3 rings (SSSR count). The van der Waals surface area contributed by atoms with Crippen molar-refractivity contribution in [3.05, 3.63) is 47.7 Å². The maximum atomic E-state index is 12.5. The average Bonchev–Trinajstić information content (AvgIpc) is 3.11. The molecule has 1 aromatic heterocycles. The van der Waals surface area contributed by atoms with Gasteiger partial charge in [-0.1, -0.05) is 35.5 Å². The van der Waals surface area contributed by atoms with E-state index < -0.39 is 0 Å². The number of thioether (sulfide) groups is 1. The molecule has 150 valence electrons. The minimum atomic E-state index is -0.342. The van der Waals surface area contributed by atoms with Crippen LogP contribution in [0.25, 0.3) is 0 Å². The smallest absolute Gasteiger partial charge is 0.238 e. The maximum Gasteiger partial charge on any atom is 0.238 e. The summed E-state index contributed by atoms with van der Waals surface area (Å²) in [6.45, 7) is 7.99. The van der Waals surface area contributed by atoms with Gasteiger partial charge in [-0.15, -0.1) is 11.8 Å². The first kappa shape index (κ1) is 20.4. The number of anilines is 1. The summed E-state index contributed by atoms with van der Waals surface area (Å²) in [5.41, 5.74) is 1.33. The van der Waals surface area contributed by atoms with Crippen LogP contribution in [0.5, 0.6) is 0 Å². The Balaban J connectivity index is 1.37. The summed E-state index contributed by atoms with van der Waals surface area (Å²) in [7, 11) is 0. The Morgan fingerprint density at radius 2 is 2.00 bits per heavy atom. The summed E-state index contributed by atoms with van der Waals surface area (Å²) in [6, 6.07) is 12.1. The fraction of sp³-hybridized carbons (Fsp3) is 0.450. The highest BCUT2D eigenvalue weighted by molar-refractivity contribution is 8.01. The molecule has 2 heterocycles. The molecule has 0 radical (unpaired) electrons. The van der Waals surface area contributed by atoms with Crippen molar-refractivity contribution in [2.75, 3.05) is 37.2 Å². The fourth-order valence-corrected chi connectivity index (χ4v) is 3.94. The van der Waals surface area contributed by atoms with E-state index in [1.807, 2.05) is 11.0 Å². The number of hydrogen-bond acceptors (Lipinski definition) is 5. The predicted molar refractivity (Wildman–Crippen MR) is 109 cm³/mol. The number of carbonyl (C=O) groups is 2. The number of nitrogens with zero attached hydrogens (tertiary/aromatic N) is 2. The predicted octanol–water partition coefficient (Wildman–Crippen LogP) is 0.971. The molecular weight excluding hydrogens is 376 g/mol. The van der Waals surface area contributed by atoms with Crippen LogP contribution >= 0.6 is 11.8 Å². The number of piperazine rings is 1. The largest absolute Gasteiger partial charge is 0.360 e. The van der Waals surface area contributed by atoms with E-state index in [9.17, 15) is 9.59 Å². The van der Waals surface area contributed by atoms with Gasteiger partial charge in [0.15, 0.2) is 5.82 Å². The lowest BCUT2D eigenvalue weighted by Crippen LogP contribution is -3.13. The molecule has 8 heteroatoms. The summed E-state index contributed by atoms with van der Waals surface area (Å²) in [5.74, 6) is 1.27. The minimum absolute atomic E-state index is 0.0979. The molecule has 2 amide bonds. The zero-order valence-corrected chi connectivity index (χ0v) is 17.1. The van der Waals surface area contributed by atoms with Crippen LogP contribution in [0.3, 0.4) is 0 Å². The van der Waals surface area contributed by atoms with E-state index in [0.717, 1.165) is 32.7 Å². The lowest BCUT2D eigenvalue weighted by Gasteiger charge is -2.32. The van der Waals surface area contributed by atoms with E-state index in [1.165, 1.54) is 22.2 Å². The Labute approximate surface area is 169 Å². The van der Waals surface area contributed by atoms with Gasteiger partial charge < -0.3 is 19.6 Å². The highest BCUT2D eigenvalue weighted by Crippen LogP contribution is 2.15. The molecule has 1 aliphatic heterocycles. The van der Waals surface area contributed by atoms with Crippen molar-refractivity contribution < 1.29 is 19.0 Å². The second-order valence-electron chi connectivity index (χ2n) is 7.06. The number of carbonyl (C=O) groups excluding carboxylic acids is 2. The second-order valence-corrected chi connectivity index (χ2v) is 8.39. The number of quaternary nitrogens is 1. The van der Waals surface area contributed by atoms with Crippen LogP contribution in [-0.4, -0.2) is 59.1 Å². The third kappa shape index (κ3) is 5.84. The van der Waals surface area contributed by atoms with Crippen molar-refractivity contribution in [1.82, 2.24) is 10.1 Å². The van der Waals surface area contributed by atoms with E-state index in [0.29, 0.717) is 17.3 Å². The molecule has 1 atom stereocenters. The second kappa shape index (κ2) is 9.75. The Kier molecular flexibility index (Phi) is 7.11. The van der Waals surface area contributed by atoms with Crippen LogP contribution in [0.15, 0.2) is 40.9 Å². The first-order valence-corrected chi connectivity index (χ1v) is 10.6. The van der Waals surface area contributed by atoms with Gasteiger partial charge in [-0.05, 0) is 13.8 Å². The topological polar surface area (TPSA) is 79.9 Å². The Bertz CT molecular complexity index is 788. The van der Waals surface area contributed by atoms with E-state index >= 15 is 0 Å². The normalized spacial score (nSPS) is 16.0. The molecule has 0 spiro atoms. The highest BCUT2D eigenvalue weighted by Gasteiger charge is 2.25. The zero-order valence-electron chi connectivity index (χ0n) is 16.3. The fourth-order valence-electron chi connectivity index (χ4n) is 3.15. The first-order valence-electron chi connectivity index (χ1n) is 9.52. The third-order valence-electron chi connectivity index (χ3n) is 4.83. The van der Waals surface area contributed by atoms with Gasteiger partial charge in [0.05, 0.1) is 37.2 Å². The monoisotopic (exact) mass is 403 g/mol. The van der Waals surface area contributed by atoms with Crippen LogP contribution in [0.4, 0.5) is 5.82 Å². The summed E-state index contributed by atoms with van der Waals surface area (Å²) in [5, 5.41) is 6.11. The van der Waals surface area contributed by atoms with Gasteiger partial charge in [0, 0.05) is 11.6 Å². The van der Waals surface area contributed by atoms with Gasteiger partial charge in [-0.3, -0.25) is 9.59 Å². The Morgan fingerprint density at radius 1 is 1.29 bits per heavy atom. The molecule has 28 heavy (non-hydrogen) atoms. The highest BCUT2D eigenvalue weighted by atomic mass is 32.2. The molecule has 0 saturated carbocycles. The molecule has 1 saturated heterocycles. The lowest BCUT2D eigenvalue weighted by molar-refractivity contribution is -0.917. The number of amides is 2. The maximum absolute atomic E-state index is 12.5. The number of rotatable bonds is 7. The van der Waals surface area contributed by atoms with Crippen LogP contribution in [-0.2, 0) is 16.1 Å². The number of aromatic nitrogens is 1. The van der Waals surface area contributed by atoms with Crippen LogP contribution in [0.1, 0.15) is 18.2 Å². The molecule has 1 aromatic carbocycles. The van der Waals surface area contributed by atoms with Crippen molar-refractivity contribution in [2.24, 2.45) is 0 Å². The van der Waals surface area contributed by atoms with Gasteiger partial charge in [0.25, 0.3) is 0 Å². The molecule has 1 aliphatic rings. The molecule has 2 aromatic rings. The van der Waals surface area contributed by atoms with E-state index in [4.69, 9.17) is 4.52 Å². The molecule has 0 aliphatic carbocycles. The van der Waals surface area contributed by atoms with Crippen LogP contribution < -0.4 is 10.2 Å². The summed E-state index contributed by atoms with van der Waals surface area (Å²) >= 11 is 1.35. The summed E-state index contributed by atoms with van der Waals surface area (Å²) < 4.78 is 4.93. The Morgan fingerprint density at radius 3 is 2.64 bits per heavy atom. The molecule has 0 bridgehead atoms. The van der Waals surface area contributed by atoms with Crippen molar-refractivity contribution in [3.63, 3.8) is 0 Å². The zero-order chi connectivity index (χ0) is 19.9. The van der Waals surface area contributed by atoms with E-state index in [-0.39, 0.29) is 17.1 Å². The van der Waals surface area contributed by atoms with Gasteiger partial charge in [-0.2, -0.15) is 0 Å². The van der Waals surface area contributed by atoms with Crippen molar-refractivity contribution in [1.29, 1.82) is 0 Å². The summed E-state index contributed by atoms with van der Waals surface area (Å²) in [4.78, 5) is 28.1. The molecule has 1 fully saturated rings. The van der Waals surface area contributed by atoms with Crippen LogP contribution in [0.2, 0.25) is 0 Å². The van der Waals surface area contributed by atoms with E-state index in [2.05, 4.69) is 34.7 Å². The van der Waals surface area contributed by atoms with Crippen molar-refractivity contribution in [3.8, 4) is 0 Å². The van der Waals surface area contributed by atoms with Gasteiger partial charge in [0.2, 0.25) is 11.8 Å². The van der Waals surface area contributed by atoms with Gasteiger partial charge in [-0.25, -0.2) is 0 Å².